The topological polar surface area (TPSA) is 64.0 Å². The summed E-state index contributed by atoms with van der Waals surface area (Å²) < 4.78 is 1.67. The molecule has 1 fully saturated rings. The third kappa shape index (κ3) is 4.69. The van der Waals surface area contributed by atoms with E-state index in [0.29, 0.717) is 16.1 Å². The maximum absolute atomic E-state index is 13.5. The first-order valence-electron chi connectivity index (χ1n) is 11.0. The highest BCUT2D eigenvalue weighted by molar-refractivity contribution is 8.00. The molecule has 1 heterocycles. The van der Waals surface area contributed by atoms with Crippen molar-refractivity contribution in [2.45, 2.75) is 69.3 Å². The van der Waals surface area contributed by atoms with E-state index in [-0.39, 0.29) is 22.8 Å². The minimum atomic E-state index is -0.355. The number of fused-ring (bicyclic) bond motifs is 1. The van der Waals surface area contributed by atoms with Gasteiger partial charge in [-0.05, 0) is 62.9 Å². The average Bonchev–Trinajstić information content (AvgIpc) is 2.77. The summed E-state index contributed by atoms with van der Waals surface area (Å²) in [6, 6.07) is 13.7. The van der Waals surface area contributed by atoms with E-state index in [1.165, 1.54) is 31.0 Å². The van der Waals surface area contributed by atoms with Gasteiger partial charge in [0.15, 0.2) is 5.16 Å². The second-order valence-corrected chi connectivity index (χ2v) is 9.75. The number of carbonyl (C=O) groups is 1. The lowest BCUT2D eigenvalue weighted by atomic mass is 9.95. The zero-order chi connectivity index (χ0) is 22.0. The van der Waals surface area contributed by atoms with Crippen LogP contribution in [0.1, 0.15) is 50.2 Å². The Morgan fingerprint density at radius 2 is 1.87 bits per heavy atom. The molecule has 1 unspecified atom stereocenters. The molecule has 4 rings (SSSR count). The summed E-state index contributed by atoms with van der Waals surface area (Å²) in [4.78, 5) is 31.2. The highest BCUT2D eigenvalue weighted by Crippen LogP contribution is 2.27. The largest absolute Gasteiger partial charge is 0.352 e. The number of thioether (sulfide) groups is 1. The molecule has 1 N–H and O–H groups in total. The van der Waals surface area contributed by atoms with Crippen LogP contribution in [0.4, 0.5) is 0 Å². The minimum absolute atomic E-state index is 0.00632. The Morgan fingerprint density at radius 3 is 2.65 bits per heavy atom. The molecular formula is C25H29N3O2S. The third-order valence-corrected chi connectivity index (χ3v) is 7.01. The Morgan fingerprint density at radius 1 is 1.13 bits per heavy atom. The van der Waals surface area contributed by atoms with Crippen LogP contribution in [-0.2, 0) is 4.79 Å². The first-order chi connectivity index (χ1) is 14.9. The molecule has 3 aromatic rings. The Hall–Kier alpha value is -2.60. The van der Waals surface area contributed by atoms with Gasteiger partial charge in [0.1, 0.15) is 0 Å². The van der Waals surface area contributed by atoms with Gasteiger partial charge >= 0.3 is 0 Å². The zero-order valence-corrected chi connectivity index (χ0v) is 19.2. The second kappa shape index (κ2) is 9.27. The van der Waals surface area contributed by atoms with E-state index in [9.17, 15) is 9.59 Å². The summed E-state index contributed by atoms with van der Waals surface area (Å²) in [6.07, 6.45) is 5.69. The van der Waals surface area contributed by atoms with Crippen molar-refractivity contribution >= 4 is 28.6 Å². The first-order valence-corrected chi connectivity index (χ1v) is 11.9. The molecule has 0 saturated heterocycles. The molecule has 0 aliphatic heterocycles. The van der Waals surface area contributed by atoms with E-state index in [1.54, 1.807) is 10.6 Å². The number of hydrogen-bond donors (Lipinski definition) is 1. The molecule has 1 aromatic heterocycles. The number of aromatic nitrogens is 2. The van der Waals surface area contributed by atoms with Crippen LogP contribution < -0.4 is 10.9 Å². The Balaban J connectivity index is 1.73. The quantitative estimate of drug-likeness (QED) is 0.456. The molecular weight excluding hydrogens is 406 g/mol. The van der Waals surface area contributed by atoms with Gasteiger partial charge in [0.25, 0.3) is 5.56 Å². The Labute approximate surface area is 187 Å². The number of hydrogen-bond acceptors (Lipinski definition) is 4. The molecule has 1 atom stereocenters. The van der Waals surface area contributed by atoms with Gasteiger partial charge in [0, 0.05) is 6.04 Å². The van der Waals surface area contributed by atoms with Crippen LogP contribution in [0, 0.1) is 13.8 Å². The predicted molar refractivity (Wildman–Crippen MR) is 127 cm³/mol. The van der Waals surface area contributed by atoms with Crippen molar-refractivity contribution in [3.05, 3.63) is 63.9 Å². The second-order valence-electron chi connectivity index (χ2n) is 8.45. The fourth-order valence-corrected chi connectivity index (χ4v) is 5.07. The molecule has 1 aliphatic carbocycles. The van der Waals surface area contributed by atoms with Crippen LogP contribution in [0.25, 0.3) is 16.6 Å². The van der Waals surface area contributed by atoms with E-state index in [2.05, 4.69) is 5.32 Å². The van der Waals surface area contributed by atoms with Gasteiger partial charge in [-0.15, -0.1) is 0 Å². The van der Waals surface area contributed by atoms with Gasteiger partial charge in [-0.1, -0.05) is 55.3 Å². The minimum Gasteiger partial charge on any atom is -0.352 e. The number of carbonyl (C=O) groups excluding carboxylic acids is 1. The van der Waals surface area contributed by atoms with Crippen molar-refractivity contribution in [3.63, 3.8) is 0 Å². The van der Waals surface area contributed by atoms with E-state index in [0.717, 1.165) is 29.7 Å². The number of nitrogens with zero attached hydrogens (tertiary/aromatic N) is 2. The number of nitrogens with one attached hydrogen (secondary N) is 1. The smallest absolute Gasteiger partial charge is 0.266 e. The number of para-hydroxylation sites is 1. The predicted octanol–water partition coefficient (Wildman–Crippen LogP) is 4.93. The monoisotopic (exact) mass is 435 g/mol. The van der Waals surface area contributed by atoms with Gasteiger partial charge in [0.05, 0.1) is 21.8 Å². The maximum Gasteiger partial charge on any atom is 0.266 e. The number of amides is 1. The van der Waals surface area contributed by atoms with Crippen molar-refractivity contribution in [2.24, 2.45) is 0 Å². The van der Waals surface area contributed by atoms with E-state index >= 15 is 0 Å². The van der Waals surface area contributed by atoms with Gasteiger partial charge in [-0.3, -0.25) is 14.2 Å². The standard InChI is InChI=1S/C25H29N3O2S/c1-16-13-14-17(2)22(15-16)28-24(30)20-11-7-8-12-21(20)27-25(28)31-18(3)23(29)26-19-9-5-4-6-10-19/h7-8,11-15,18-19H,4-6,9-10H2,1-3H3,(H,26,29). The van der Waals surface area contributed by atoms with Gasteiger partial charge in [-0.25, -0.2) is 4.98 Å². The Bertz CT molecular complexity index is 1170. The number of rotatable bonds is 5. The number of aryl methyl sites for hydroxylation is 2. The lowest BCUT2D eigenvalue weighted by molar-refractivity contribution is -0.121. The fourth-order valence-electron chi connectivity index (χ4n) is 4.14. The van der Waals surface area contributed by atoms with E-state index in [4.69, 9.17) is 4.98 Å². The molecule has 0 spiro atoms. The lowest BCUT2D eigenvalue weighted by Gasteiger charge is -2.24. The van der Waals surface area contributed by atoms with E-state index < -0.39 is 0 Å². The van der Waals surface area contributed by atoms with Gasteiger partial charge in [0.2, 0.25) is 5.91 Å². The molecule has 5 nitrogen and oxygen atoms in total. The third-order valence-electron chi connectivity index (χ3n) is 5.95. The van der Waals surface area contributed by atoms with Gasteiger partial charge in [-0.2, -0.15) is 0 Å². The fraction of sp³-hybridized carbons (Fsp3) is 0.400. The summed E-state index contributed by atoms with van der Waals surface area (Å²) in [5.41, 5.74) is 3.41. The van der Waals surface area contributed by atoms with Crippen molar-refractivity contribution < 1.29 is 4.79 Å². The van der Waals surface area contributed by atoms with Crippen LogP contribution in [-0.4, -0.2) is 26.8 Å². The molecule has 0 bridgehead atoms. The maximum atomic E-state index is 13.5. The average molecular weight is 436 g/mol. The zero-order valence-electron chi connectivity index (χ0n) is 18.4. The van der Waals surface area contributed by atoms with E-state index in [1.807, 2.05) is 57.2 Å². The van der Waals surface area contributed by atoms with Crippen LogP contribution in [0.15, 0.2) is 52.4 Å². The van der Waals surface area contributed by atoms with Crippen LogP contribution in [0.5, 0.6) is 0 Å². The van der Waals surface area contributed by atoms with Crippen LogP contribution in [0.2, 0.25) is 0 Å². The summed E-state index contributed by atoms with van der Waals surface area (Å²) in [5.74, 6) is 0.00632. The van der Waals surface area contributed by atoms with Crippen LogP contribution in [0.3, 0.4) is 0 Å². The summed E-state index contributed by atoms with van der Waals surface area (Å²) in [5, 5.41) is 3.96. The summed E-state index contributed by atoms with van der Waals surface area (Å²) >= 11 is 1.35. The SMILES string of the molecule is Cc1ccc(C)c(-n2c(SC(C)C(=O)NC3CCCCC3)nc3ccccc3c2=O)c1. The summed E-state index contributed by atoms with van der Waals surface area (Å²) in [6.45, 7) is 5.89. The number of benzene rings is 2. The molecule has 31 heavy (non-hydrogen) atoms. The highest BCUT2D eigenvalue weighted by Gasteiger charge is 2.23. The lowest BCUT2D eigenvalue weighted by Crippen LogP contribution is -2.40. The van der Waals surface area contributed by atoms with Crippen molar-refractivity contribution in [3.8, 4) is 5.69 Å². The normalized spacial score (nSPS) is 15.7. The molecule has 1 saturated carbocycles. The van der Waals surface area contributed by atoms with Crippen LogP contribution >= 0.6 is 11.8 Å². The Kier molecular flexibility index (Phi) is 6.46. The molecule has 6 heteroatoms. The van der Waals surface area contributed by atoms with Crippen molar-refractivity contribution in [1.29, 1.82) is 0 Å². The molecule has 0 radical (unpaired) electrons. The first kappa shape index (κ1) is 21.6. The molecule has 1 amide bonds. The van der Waals surface area contributed by atoms with Crippen molar-refractivity contribution in [1.82, 2.24) is 14.9 Å². The molecule has 1 aliphatic rings. The van der Waals surface area contributed by atoms with Gasteiger partial charge < -0.3 is 5.32 Å². The van der Waals surface area contributed by atoms with Crippen molar-refractivity contribution in [2.75, 3.05) is 0 Å². The summed E-state index contributed by atoms with van der Waals surface area (Å²) in [7, 11) is 0. The molecule has 162 valence electrons. The highest BCUT2D eigenvalue weighted by atomic mass is 32.2. The molecule has 2 aromatic carbocycles.